The number of rotatable bonds is 11. The predicted octanol–water partition coefficient (Wildman–Crippen LogP) is 2.39. The van der Waals surface area contributed by atoms with Gasteiger partial charge in [0.05, 0.1) is 0 Å². The van der Waals surface area contributed by atoms with E-state index in [4.69, 9.17) is 0 Å². The predicted molar refractivity (Wildman–Crippen MR) is 119 cm³/mol. The lowest BCUT2D eigenvalue weighted by Crippen LogP contribution is -2.44. The maximum atomic E-state index is 11.7. The van der Waals surface area contributed by atoms with Gasteiger partial charge in [0.25, 0.3) is 0 Å². The molecule has 1 amide bonds. The van der Waals surface area contributed by atoms with Gasteiger partial charge in [-0.25, -0.2) is 4.99 Å². The van der Waals surface area contributed by atoms with Crippen LogP contribution in [0.1, 0.15) is 47.5 Å². The minimum atomic E-state index is 0. The smallest absolute Gasteiger partial charge is 0.243 e. The Labute approximate surface area is 172 Å². The van der Waals surface area contributed by atoms with E-state index < -0.39 is 0 Å². The Morgan fingerprint density at radius 1 is 1.12 bits per heavy atom. The highest BCUT2D eigenvalue weighted by molar-refractivity contribution is 14.0. The number of guanidine groups is 1. The Bertz CT molecular complexity index is 370. The standard InChI is InChI=1S/C18H39N5O.HI/c1-8-23(9-2)12-10-11-16(5)21-18(19-13-15(3)4)20-14-17(24)22(6)7;/h15-16H,8-14H2,1-7H3,(H2,19,20,21);1H. The lowest BCUT2D eigenvalue weighted by Gasteiger charge is -2.22. The van der Waals surface area contributed by atoms with Crippen LogP contribution in [0.25, 0.3) is 0 Å². The van der Waals surface area contributed by atoms with Crippen molar-refractivity contribution in [3.63, 3.8) is 0 Å². The van der Waals surface area contributed by atoms with E-state index in [-0.39, 0.29) is 36.4 Å². The van der Waals surface area contributed by atoms with Crippen LogP contribution in [-0.4, -0.2) is 74.5 Å². The molecule has 7 heteroatoms. The molecule has 0 aliphatic rings. The van der Waals surface area contributed by atoms with E-state index in [2.05, 4.69) is 55.1 Å². The van der Waals surface area contributed by atoms with Crippen molar-refractivity contribution in [3.05, 3.63) is 0 Å². The summed E-state index contributed by atoms with van der Waals surface area (Å²) in [6.45, 7) is 15.2. The van der Waals surface area contributed by atoms with E-state index in [1.165, 1.54) is 0 Å². The first-order valence-corrected chi connectivity index (χ1v) is 9.27. The summed E-state index contributed by atoms with van der Waals surface area (Å²) in [6.07, 6.45) is 2.24. The lowest BCUT2D eigenvalue weighted by molar-refractivity contribution is -0.127. The van der Waals surface area contributed by atoms with Gasteiger partial charge in [-0.05, 0) is 45.3 Å². The maximum Gasteiger partial charge on any atom is 0.243 e. The summed E-state index contributed by atoms with van der Waals surface area (Å²) in [5.41, 5.74) is 0. The summed E-state index contributed by atoms with van der Waals surface area (Å²) in [7, 11) is 3.50. The van der Waals surface area contributed by atoms with E-state index >= 15 is 0 Å². The van der Waals surface area contributed by atoms with Gasteiger partial charge in [0.2, 0.25) is 5.91 Å². The van der Waals surface area contributed by atoms with Crippen molar-refractivity contribution in [2.75, 3.05) is 46.8 Å². The highest BCUT2D eigenvalue weighted by Crippen LogP contribution is 2.00. The average Bonchev–Trinajstić information content (AvgIpc) is 2.53. The minimum absolute atomic E-state index is 0. The summed E-state index contributed by atoms with van der Waals surface area (Å²) in [4.78, 5) is 20.2. The average molecular weight is 469 g/mol. The van der Waals surface area contributed by atoms with Gasteiger partial charge in [-0.3, -0.25) is 4.79 Å². The molecule has 0 aliphatic heterocycles. The third kappa shape index (κ3) is 14.3. The molecule has 0 aromatic rings. The van der Waals surface area contributed by atoms with Gasteiger partial charge in [-0.1, -0.05) is 27.7 Å². The first-order chi connectivity index (χ1) is 11.3. The first-order valence-electron chi connectivity index (χ1n) is 9.27. The van der Waals surface area contributed by atoms with E-state index in [1.807, 2.05) is 0 Å². The Kier molecular flexibility index (Phi) is 16.7. The van der Waals surface area contributed by atoms with E-state index in [0.29, 0.717) is 12.0 Å². The molecule has 1 atom stereocenters. The molecule has 0 saturated carbocycles. The molecule has 0 aliphatic carbocycles. The Hall–Kier alpha value is -0.570. The summed E-state index contributed by atoms with van der Waals surface area (Å²) in [5.74, 6) is 1.27. The zero-order valence-corrected chi connectivity index (χ0v) is 19.6. The number of halogens is 1. The van der Waals surface area contributed by atoms with Gasteiger partial charge in [0.15, 0.2) is 5.96 Å². The fourth-order valence-corrected chi connectivity index (χ4v) is 2.21. The second-order valence-electron chi connectivity index (χ2n) is 6.94. The number of nitrogens with zero attached hydrogens (tertiary/aromatic N) is 3. The van der Waals surface area contributed by atoms with Crippen LogP contribution in [-0.2, 0) is 4.79 Å². The molecule has 0 aromatic carbocycles. The number of nitrogens with one attached hydrogen (secondary N) is 2. The zero-order valence-electron chi connectivity index (χ0n) is 17.3. The molecule has 0 fully saturated rings. The van der Waals surface area contributed by atoms with Gasteiger partial charge >= 0.3 is 0 Å². The largest absolute Gasteiger partial charge is 0.356 e. The highest BCUT2D eigenvalue weighted by atomic mass is 127. The number of likely N-dealkylation sites (N-methyl/N-ethyl adjacent to an activating group) is 1. The minimum Gasteiger partial charge on any atom is -0.356 e. The molecule has 0 heterocycles. The molecule has 25 heavy (non-hydrogen) atoms. The normalized spacial score (nSPS) is 12.8. The Balaban J connectivity index is 0. The SMILES string of the molecule is CCN(CC)CCCC(C)NC(=NCC(=O)N(C)C)NCC(C)C.I. The number of hydrogen-bond acceptors (Lipinski definition) is 3. The molecule has 150 valence electrons. The summed E-state index contributed by atoms with van der Waals surface area (Å²) < 4.78 is 0. The highest BCUT2D eigenvalue weighted by Gasteiger charge is 2.09. The third-order valence-corrected chi connectivity index (χ3v) is 3.94. The van der Waals surface area contributed by atoms with Crippen LogP contribution in [0.2, 0.25) is 0 Å². The third-order valence-electron chi connectivity index (χ3n) is 3.94. The fourth-order valence-electron chi connectivity index (χ4n) is 2.21. The van der Waals surface area contributed by atoms with Crippen LogP contribution in [0.4, 0.5) is 0 Å². The Morgan fingerprint density at radius 2 is 1.72 bits per heavy atom. The van der Waals surface area contributed by atoms with Crippen molar-refractivity contribution in [2.45, 2.75) is 53.5 Å². The van der Waals surface area contributed by atoms with Crippen molar-refractivity contribution >= 4 is 35.8 Å². The van der Waals surface area contributed by atoms with Crippen LogP contribution >= 0.6 is 24.0 Å². The summed E-state index contributed by atoms with van der Waals surface area (Å²) >= 11 is 0. The van der Waals surface area contributed by atoms with Gasteiger partial charge in [0.1, 0.15) is 6.54 Å². The lowest BCUT2D eigenvalue weighted by atomic mass is 10.2. The van der Waals surface area contributed by atoms with Crippen LogP contribution in [0.5, 0.6) is 0 Å². The van der Waals surface area contributed by atoms with Crippen LogP contribution in [0.3, 0.4) is 0 Å². The van der Waals surface area contributed by atoms with Crippen LogP contribution < -0.4 is 10.6 Å². The Morgan fingerprint density at radius 3 is 2.20 bits per heavy atom. The van der Waals surface area contributed by atoms with Gasteiger partial charge in [-0.2, -0.15) is 0 Å². The summed E-state index contributed by atoms with van der Waals surface area (Å²) in [5, 5.41) is 6.75. The van der Waals surface area contributed by atoms with Crippen LogP contribution in [0, 0.1) is 5.92 Å². The van der Waals surface area contributed by atoms with Gasteiger partial charge < -0.3 is 20.4 Å². The van der Waals surface area contributed by atoms with Gasteiger partial charge in [-0.15, -0.1) is 24.0 Å². The number of aliphatic imine (C=N–C) groups is 1. The fraction of sp³-hybridized carbons (Fsp3) is 0.889. The molecule has 0 rings (SSSR count). The molecule has 1 unspecified atom stereocenters. The number of amides is 1. The van der Waals surface area contributed by atoms with E-state index in [1.54, 1.807) is 19.0 Å². The number of carbonyl (C=O) groups is 1. The first kappa shape index (κ1) is 26.7. The zero-order chi connectivity index (χ0) is 18.5. The quantitative estimate of drug-likeness (QED) is 0.277. The second kappa shape index (κ2) is 15.7. The molecule has 0 radical (unpaired) electrons. The molecule has 2 N–H and O–H groups in total. The molecular formula is C18H40IN5O. The van der Waals surface area contributed by atoms with Crippen molar-refractivity contribution in [3.8, 4) is 0 Å². The van der Waals surface area contributed by atoms with Crippen molar-refractivity contribution in [1.82, 2.24) is 20.4 Å². The number of hydrogen-bond donors (Lipinski definition) is 2. The van der Waals surface area contributed by atoms with Crippen molar-refractivity contribution < 1.29 is 4.79 Å². The van der Waals surface area contributed by atoms with Crippen LogP contribution in [0.15, 0.2) is 4.99 Å². The molecule has 0 aromatic heterocycles. The van der Waals surface area contributed by atoms with E-state index in [9.17, 15) is 4.79 Å². The second-order valence-corrected chi connectivity index (χ2v) is 6.94. The molecule has 0 saturated heterocycles. The molecule has 0 spiro atoms. The van der Waals surface area contributed by atoms with Crippen molar-refractivity contribution in [1.29, 1.82) is 0 Å². The molecule has 0 bridgehead atoms. The topological polar surface area (TPSA) is 60.0 Å². The van der Waals surface area contributed by atoms with Crippen molar-refractivity contribution in [2.24, 2.45) is 10.9 Å². The number of carbonyl (C=O) groups excluding carboxylic acids is 1. The molecule has 6 nitrogen and oxygen atoms in total. The van der Waals surface area contributed by atoms with E-state index in [0.717, 1.165) is 45.0 Å². The maximum absolute atomic E-state index is 11.7. The van der Waals surface area contributed by atoms with Gasteiger partial charge in [0, 0.05) is 26.7 Å². The molecular weight excluding hydrogens is 429 g/mol. The summed E-state index contributed by atoms with van der Waals surface area (Å²) in [6, 6.07) is 0.327. The monoisotopic (exact) mass is 469 g/mol.